The van der Waals surface area contributed by atoms with Gasteiger partial charge in [0.15, 0.2) is 6.61 Å². The van der Waals surface area contributed by atoms with Crippen LogP contribution in [0.3, 0.4) is 0 Å². The van der Waals surface area contributed by atoms with Crippen LogP contribution in [0.1, 0.15) is 12.5 Å². The highest BCUT2D eigenvalue weighted by Gasteiger charge is 2.09. The van der Waals surface area contributed by atoms with E-state index in [1.54, 1.807) is 11.9 Å². The van der Waals surface area contributed by atoms with Crippen LogP contribution in [-0.4, -0.2) is 31.0 Å². The SMILES string of the molecule is CCN(C)C(=O)COc1cccc(N)c1C. The van der Waals surface area contributed by atoms with Gasteiger partial charge in [-0.1, -0.05) is 6.07 Å². The lowest BCUT2D eigenvalue weighted by atomic mass is 10.2. The molecular formula is C12H18N2O2. The zero-order valence-corrected chi connectivity index (χ0v) is 9.99. The molecule has 0 bridgehead atoms. The van der Waals surface area contributed by atoms with Gasteiger partial charge in [0.1, 0.15) is 5.75 Å². The fourth-order valence-electron chi connectivity index (χ4n) is 1.21. The number of carbonyl (C=O) groups excluding carboxylic acids is 1. The lowest BCUT2D eigenvalue weighted by molar-refractivity contribution is -0.131. The van der Waals surface area contributed by atoms with E-state index < -0.39 is 0 Å². The molecule has 0 aliphatic rings. The summed E-state index contributed by atoms with van der Waals surface area (Å²) in [6.07, 6.45) is 0. The van der Waals surface area contributed by atoms with Gasteiger partial charge < -0.3 is 15.4 Å². The average Bonchev–Trinajstić information content (AvgIpc) is 2.29. The Labute approximate surface area is 96.0 Å². The predicted molar refractivity (Wildman–Crippen MR) is 64.4 cm³/mol. The highest BCUT2D eigenvalue weighted by Crippen LogP contribution is 2.22. The molecule has 4 heteroatoms. The molecule has 0 radical (unpaired) electrons. The van der Waals surface area contributed by atoms with Crippen LogP contribution in [0.25, 0.3) is 0 Å². The molecule has 16 heavy (non-hydrogen) atoms. The van der Waals surface area contributed by atoms with Gasteiger partial charge in [0.25, 0.3) is 5.91 Å². The largest absolute Gasteiger partial charge is 0.483 e. The van der Waals surface area contributed by atoms with Crippen LogP contribution >= 0.6 is 0 Å². The van der Waals surface area contributed by atoms with Crippen molar-refractivity contribution in [2.75, 3.05) is 25.9 Å². The summed E-state index contributed by atoms with van der Waals surface area (Å²) in [6, 6.07) is 5.43. The van der Waals surface area contributed by atoms with E-state index in [4.69, 9.17) is 10.5 Å². The van der Waals surface area contributed by atoms with Crippen LogP contribution in [0, 0.1) is 6.92 Å². The Morgan fingerprint density at radius 3 is 2.81 bits per heavy atom. The van der Waals surface area contributed by atoms with Gasteiger partial charge in [0.05, 0.1) is 0 Å². The molecule has 0 saturated heterocycles. The number of hydrogen-bond donors (Lipinski definition) is 1. The Morgan fingerprint density at radius 1 is 1.50 bits per heavy atom. The van der Waals surface area contributed by atoms with Crippen molar-refractivity contribution in [2.24, 2.45) is 0 Å². The van der Waals surface area contributed by atoms with E-state index in [0.29, 0.717) is 18.0 Å². The first-order valence-corrected chi connectivity index (χ1v) is 5.28. The van der Waals surface area contributed by atoms with Crippen molar-refractivity contribution in [3.63, 3.8) is 0 Å². The Kier molecular flexibility index (Phi) is 4.17. The first-order chi connectivity index (χ1) is 7.56. The molecule has 0 saturated carbocycles. The number of likely N-dealkylation sites (N-methyl/N-ethyl adjacent to an activating group) is 1. The van der Waals surface area contributed by atoms with E-state index in [2.05, 4.69) is 0 Å². The van der Waals surface area contributed by atoms with E-state index in [1.165, 1.54) is 0 Å². The summed E-state index contributed by atoms with van der Waals surface area (Å²) in [7, 11) is 1.75. The first-order valence-electron chi connectivity index (χ1n) is 5.28. The van der Waals surface area contributed by atoms with Crippen molar-refractivity contribution >= 4 is 11.6 Å². The van der Waals surface area contributed by atoms with Crippen molar-refractivity contribution in [3.05, 3.63) is 23.8 Å². The van der Waals surface area contributed by atoms with E-state index in [0.717, 1.165) is 5.56 Å². The Hall–Kier alpha value is -1.71. The van der Waals surface area contributed by atoms with Crippen LogP contribution in [0.2, 0.25) is 0 Å². The van der Waals surface area contributed by atoms with Crippen LogP contribution < -0.4 is 10.5 Å². The second kappa shape index (κ2) is 5.39. The van der Waals surface area contributed by atoms with Crippen molar-refractivity contribution in [2.45, 2.75) is 13.8 Å². The Bertz CT molecular complexity index is 377. The summed E-state index contributed by atoms with van der Waals surface area (Å²) in [5.74, 6) is 0.627. The highest BCUT2D eigenvalue weighted by molar-refractivity contribution is 5.77. The van der Waals surface area contributed by atoms with E-state index >= 15 is 0 Å². The third-order valence-corrected chi connectivity index (χ3v) is 2.58. The molecular weight excluding hydrogens is 204 g/mol. The third-order valence-electron chi connectivity index (χ3n) is 2.58. The summed E-state index contributed by atoms with van der Waals surface area (Å²) >= 11 is 0. The number of rotatable bonds is 4. The fraction of sp³-hybridized carbons (Fsp3) is 0.417. The molecule has 0 fully saturated rings. The predicted octanol–water partition coefficient (Wildman–Crippen LogP) is 1.43. The zero-order chi connectivity index (χ0) is 12.1. The maximum Gasteiger partial charge on any atom is 0.260 e. The molecule has 4 nitrogen and oxygen atoms in total. The normalized spacial score (nSPS) is 9.94. The van der Waals surface area contributed by atoms with Crippen LogP contribution in [0.4, 0.5) is 5.69 Å². The van der Waals surface area contributed by atoms with E-state index in [-0.39, 0.29) is 12.5 Å². The van der Waals surface area contributed by atoms with Gasteiger partial charge in [-0.25, -0.2) is 0 Å². The molecule has 0 heterocycles. The van der Waals surface area contributed by atoms with Crippen molar-refractivity contribution in [1.29, 1.82) is 0 Å². The van der Waals surface area contributed by atoms with Crippen molar-refractivity contribution in [1.82, 2.24) is 4.90 Å². The fourth-order valence-corrected chi connectivity index (χ4v) is 1.21. The van der Waals surface area contributed by atoms with Crippen LogP contribution in [0.15, 0.2) is 18.2 Å². The maximum absolute atomic E-state index is 11.5. The quantitative estimate of drug-likeness (QED) is 0.784. The second-order valence-corrected chi connectivity index (χ2v) is 3.67. The number of ether oxygens (including phenoxy) is 1. The summed E-state index contributed by atoms with van der Waals surface area (Å²) in [4.78, 5) is 13.1. The van der Waals surface area contributed by atoms with Gasteiger partial charge >= 0.3 is 0 Å². The van der Waals surface area contributed by atoms with Gasteiger partial charge in [-0.3, -0.25) is 4.79 Å². The number of amides is 1. The second-order valence-electron chi connectivity index (χ2n) is 3.67. The molecule has 0 atom stereocenters. The van der Waals surface area contributed by atoms with Crippen molar-refractivity contribution in [3.8, 4) is 5.75 Å². The van der Waals surface area contributed by atoms with E-state index in [9.17, 15) is 4.79 Å². The molecule has 0 spiro atoms. The number of benzene rings is 1. The van der Waals surface area contributed by atoms with Crippen molar-refractivity contribution < 1.29 is 9.53 Å². The molecule has 1 aromatic carbocycles. The summed E-state index contributed by atoms with van der Waals surface area (Å²) in [5.41, 5.74) is 7.28. The summed E-state index contributed by atoms with van der Waals surface area (Å²) < 4.78 is 5.43. The molecule has 1 amide bonds. The number of nitrogens with zero attached hydrogens (tertiary/aromatic N) is 1. The maximum atomic E-state index is 11.5. The monoisotopic (exact) mass is 222 g/mol. The van der Waals surface area contributed by atoms with Crippen LogP contribution in [-0.2, 0) is 4.79 Å². The lowest BCUT2D eigenvalue weighted by Crippen LogP contribution is -2.31. The molecule has 0 aromatic heterocycles. The van der Waals surface area contributed by atoms with Gasteiger partial charge in [-0.05, 0) is 26.0 Å². The molecule has 1 aromatic rings. The number of anilines is 1. The van der Waals surface area contributed by atoms with Gasteiger partial charge in [-0.2, -0.15) is 0 Å². The minimum absolute atomic E-state index is 0.0377. The first kappa shape index (κ1) is 12.4. The molecule has 0 unspecified atom stereocenters. The number of hydrogen-bond acceptors (Lipinski definition) is 3. The Balaban J connectivity index is 2.61. The minimum atomic E-state index is -0.0377. The number of nitrogens with two attached hydrogens (primary N) is 1. The topological polar surface area (TPSA) is 55.6 Å². The summed E-state index contributed by atoms with van der Waals surface area (Å²) in [6.45, 7) is 4.52. The molecule has 1 rings (SSSR count). The zero-order valence-electron chi connectivity index (χ0n) is 9.99. The van der Waals surface area contributed by atoms with E-state index in [1.807, 2.05) is 32.0 Å². The molecule has 0 aliphatic heterocycles. The van der Waals surface area contributed by atoms with Gasteiger partial charge in [0, 0.05) is 24.8 Å². The average molecular weight is 222 g/mol. The van der Waals surface area contributed by atoms with Crippen LogP contribution in [0.5, 0.6) is 5.75 Å². The molecule has 88 valence electrons. The lowest BCUT2D eigenvalue weighted by Gasteiger charge is -2.16. The highest BCUT2D eigenvalue weighted by atomic mass is 16.5. The molecule has 2 N–H and O–H groups in total. The third kappa shape index (κ3) is 2.89. The number of carbonyl (C=O) groups is 1. The minimum Gasteiger partial charge on any atom is -0.483 e. The Morgan fingerprint density at radius 2 is 2.19 bits per heavy atom. The summed E-state index contributed by atoms with van der Waals surface area (Å²) in [5, 5.41) is 0. The molecule has 0 aliphatic carbocycles. The van der Waals surface area contributed by atoms with Gasteiger partial charge in [-0.15, -0.1) is 0 Å². The smallest absolute Gasteiger partial charge is 0.260 e. The number of nitrogen functional groups attached to an aromatic ring is 1. The standard InChI is InChI=1S/C12H18N2O2/c1-4-14(3)12(15)8-16-11-7-5-6-10(13)9(11)2/h5-7H,4,8,13H2,1-3H3. The van der Waals surface area contributed by atoms with Gasteiger partial charge in [0.2, 0.25) is 0 Å².